The van der Waals surface area contributed by atoms with Crippen molar-refractivity contribution >= 4 is 17.4 Å². The van der Waals surface area contributed by atoms with Crippen LogP contribution in [-0.2, 0) is 0 Å². The molecule has 20 heavy (non-hydrogen) atoms. The van der Waals surface area contributed by atoms with E-state index < -0.39 is 0 Å². The van der Waals surface area contributed by atoms with Crippen molar-refractivity contribution in [2.75, 3.05) is 24.2 Å². The Morgan fingerprint density at radius 3 is 2.75 bits per heavy atom. The molecule has 2 nitrogen and oxygen atoms in total. The Bertz CT molecular complexity index is 567. The molecule has 0 aromatic heterocycles. The first kappa shape index (κ1) is 13.4. The van der Waals surface area contributed by atoms with Gasteiger partial charge in [0.2, 0.25) is 0 Å². The van der Waals surface area contributed by atoms with Crippen LogP contribution < -0.4 is 10.1 Å². The second kappa shape index (κ2) is 6.23. The fourth-order valence-electron chi connectivity index (χ4n) is 2.48. The van der Waals surface area contributed by atoms with E-state index in [2.05, 4.69) is 41.7 Å². The monoisotopic (exact) mass is 285 g/mol. The molecule has 1 heterocycles. The Balaban J connectivity index is 1.60. The first-order valence-electron chi connectivity index (χ1n) is 7.05. The van der Waals surface area contributed by atoms with Crippen LogP contribution in [0.2, 0.25) is 0 Å². The lowest BCUT2D eigenvalue weighted by atomic mass is 10.0. The summed E-state index contributed by atoms with van der Waals surface area (Å²) in [7, 11) is 0. The number of thioether (sulfide) groups is 1. The number of benzene rings is 2. The third kappa shape index (κ3) is 2.93. The molecule has 1 atom stereocenters. The van der Waals surface area contributed by atoms with Gasteiger partial charge in [-0.05, 0) is 42.8 Å². The highest BCUT2D eigenvalue weighted by atomic mass is 32.2. The second-order valence-corrected chi connectivity index (χ2v) is 5.95. The third-order valence-corrected chi connectivity index (χ3v) is 4.77. The fraction of sp³-hybridized carbons (Fsp3) is 0.294. The van der Waals surface area contributed by atoms with Gasteiger partial charge < -0.3 is 10.1 Å². The van der Waals surface area contributed by atoms with Crippen molar-refractivity contribution in [3.05, 3.63) is 54.1 Å². The molecule has 0 radical (unpaired) electrons. The van der Waals surface area contributed by atoms with Crippen LogP contribution in [0.1, 0.15) is 18.4 Å². The number of hydrogen-bond donors (Lipinski definition) is 1. The van der Waals surface area contributed by atoms with E-state index in [1.807, 2.05) is 30.8 Å². The average molecular weight is 285 g/mol. The molecule has 2 aromatic rings. The van der Waals surface area contributed by atoms with Gasteiger partial charge in [0.1, 0.15) is 5.75 Å². The van der Waals surface area contributed by atoms with Crippen molar-refractivity contribution in [2.45, 2.75) is 17.7 Å². The van der Waals surface area contributed by atoms with E-state index in [0.717, 1.165) is 18.0 Å². The largest absolute Gasteiger partial charge is 0.494 e. The summed E-state index contributed by atoms with van der Waals surface area (Å²) in [6.45, 7) is 3.70. The lowest BCUT2D eigenvalue weighted by Gasteiger charge is -2.13. The molecule has 1 unspecified atom stereocenters. The van der Waals surface area contributed by atoms with Crippen LogP contribution in [0.5, 0.6) is 5.75 Å². The van der Waals surface area contributed by atoms with Gasteiger partial charge in [-0.25, -0.2) is 0 Å². The number of nitrogens with one attached hydrogen (secondary N) is 1. The van der Waals surface area contributed by atoms with E-state index >= 15 is 0 Å². The quantitative estimate of drug-likeness (QED) is 0.880. The molecule has 104 valence electrons. The summed E-state index contributed by atoms with van der Waals surface area (Å²) in [5, 5.41) is 3.53. The van der Waals surface area contributed by atoms with E-state index in [1.165, 1.54) is 16.2 Å². The molecule has 0 spiro atoms. The molecule has 0 amide bonds. The van der Waals surface area contributed by atoms with Crippen LogP contribution in [0.15, 0.2) is 53.4 Å². The van der Waals surface area contributed by atoms with Crippen LogP contribution in [-0.4, -0.2) is 18.9 Å². The summed E-state index contributed by atoms with van der Waals surface area (Å²) >= 11 is 1.96. The molecule has 0 aliphatic carbocycles. The lowest BCUT2D eigenvalue weighted by Crippen LogP contribution is -2.12. The van der Waals surface area contributed by atoms with Crippen molar-refractivity contribution < 1.29 is 4.74 Å². The van der Waals surface area contributed by atoms with E-state index in [0.29, 0.717) is 12.5 Å². The minimum absolute atomic E-state index is 0.600. The fourth-order valence-corrected chi connectivity index (χ4v) is 3.73. The van der Waals surface area contributed by atoms with Crippen LogP contribution in [0, 0.1) is 0 Å². The topological polar surface area (TPSA) is 21.3 Å². The molecule has 3 heteroatoms. The average Bonchev–Trinajstić information content (AvgIpc) is 2.90. The van der Waals surface area contributed by atoms with Gasteiger partial charge in [-0.1, -0.05) is 18.2 Å². The summed E-state index contributed by atoms with van der Waals surface area (Å²) in [5.41, 5.74) is 2.64. The maximum absolute atomic E-state index is 5.45. The highest BCUT2D eigenvalue weighted by Crippen LogP contribution is 2.39. The Kier molecular flexibility index (Phi) is 4.16. The summed E-state index contributed by atoms with van der Waals surface area (Å²) in [5.74, 6) is 2.70. The van der Waals surface area contributed by atoms with E-state index in [9.17, 15) is 0 Å². The first-order valence-corrected chi connectivity index (χ1v) is 8.04. The Morgan fingerprint density at radius 2 is 1.95 bits per heavy atom. The van der Waals surface area contributed by atoms with Gasteiger partial charge in [0.05, 0.1) is 6.61 Å². The van der Waals surface area contributed by atoms with Crippen LogP contribution in [0.4, 0.5) is 5.69 Å². The van der Waals surface area contributed by atoms with Crippen LogP contribution in [0.25, 0.3) is 0 Å². The maximum Gasteiger partial charge on any atom is 0.119 e. The first-order chi connectivity index (χ1) is 9.86. The van der Waals surface area contributed by atoms with Gasteiger partial charge in [-0.15, -0.1) is 11.8 Å². The lowest BCUT2D eigenvalue weighted by molar-refractivity contribution is 0.340. The summed E-state index contributed by atoms with van der Waals surface area (Å²) in [6, 6.07) is 16.9. The smallest absolute Gasteiger partial charge is 0.119 e. The zero-order valence-corrected chi connectivity index (χ0v) is 12.5. The molecule has 0 saturated carbocycles. The van der Waals surface area contributed by atoms with E-state index in [1.54, 1.807) is 0 Å². The van der Waals surface area contributed by atoms with Gasteiger partial charge in [0, 0.05) is 28.8 Å². The molecule has 0 saturated heterocycles. The van der Waals surface area contributed by atoms with E-state index in [4.69, 9.17) is 4.74 Å². The maximum atomic E-state index is 5.45. The molecular weight excluding hydrogens is 266 g/mol. The zero-order valence-electron chi connectivity index (χ0n) is 11.6. The van der Waals surface area contributed by atoms with Crippen LogP contribution in [0.3, 0.4) is 0 Å². The molecule has 1 N–H and O–H groups in total. The van der Waals surface area contributed by atoms with Gasteiger partial charge >= 0.3 is 0 Å². The van der Waals surface area contributed by atoms with Crippen molar-refractivity contribution in [2.24, 2.45) is 0 Å². The van der Waals surface area contributed by atoms with Gasteiger partial charge in [0.15, 0.2) is 0 Å². The van der Waals surface area contributed by atoms with Crippen molar-refractivity contribution in [1.29, 1.82) is 0 Å². The highest BCUT2D eigenvalue weighted by Gasteiger charge is 2.22. The summed E-state index contributed by atoms with van der Waals surface area (Å²) < 4.78 is 5.45. The molecule has 1 aliphatic rings. The standard InChI is InChI=1S/C17H19NOS/c1-2-19-15-9-7-14(8-10-15)18-11-13-12-20-17-6-4-3-5-16(13)17/h3-10,13,18H,2,11-12H2,1H3. The molecule has 1 aliphatic heterocycles. The summed E-state index contributed by atoms with van der Waals surface area (Å²) in [6.07, 6.45) is 0. The summed E-state index contributed by atoms with van der Waals surface area (Å²) in [4.78, 5) is 1.44. The van der Waals surface area contributed by atoms with E-state index in [-0.39, 0.29) is 0 Å². The van der Waals surface area contributed by atoms with Crippen molar-refractivity contribution in [1.82, 2.24) is 0 Å². The molecule has 0 bridgehead atoms. The molecule has 0 fully saturated rings. The number of ether oxygens (including phenoxy) is 1. The van der Waals surface area contributed by atoms with Crippen molar-refractivity contribution in [3.8, 4) is 5.75 Å². The Hall–Kier alpha value is -1.61. The minimum Gasteiger partial charge on any atom is -0.494 e. The highest BCUT2D eigenvalue weighted by molar-refractivity contribution is 7.99. The number of rotatable bonds is 5. The van der Waals surface area contributed by atoms with Crippen LogP contribution >= 0.6 is 11.8 Å². The SMILES string of the molecule is CCOc1ccc(NCC2CSc3ccccc32)cc1. The predicted octanol–water partition coefficient (Wildman–Crippen LogP) is 4.39. The van der Waals surface area contributed by atoms with Gasteiger partial charge in [-0.3, -0.25) is 0 Å². The van der Waals surface area contributed by atoms with Gasteiger partial charge in [-0.2, -0.15) is 0 Å². The number of hydrogen-bond acceptors (Lipinski definition) is 3. The molecular formula is C17H19NOS. The normalized spacial score (nSPS) is 16.8. The number of fused-ring (bicyclic) bond motifs is 1. The molecule has 3 rings (SSSR count). The number of anilines is 1. The minimum atomic E-state index is 0.600. The molecule has 2 aromatic carbocycles. The zero-order chi connectivity index (χ0) is 13.8. The third-order valence-electron chi connectivity index (χ3n) is 3.52. The second-order valence-electron chi connectivity index (χ2n) is 4.88. The Labute approximate surface area is 124 Å². The Morgan fingerprint density at radius 1 is 1.15 bits per heavy atom. The van der Waals surface area contributed by atoms with Crippen molar-refractivity contribution in [3.63, 3.8) is 0 Å². The van der Waals surface area contributed by atoms with Gasteiger partial charge in [0.25, 0.3) is 0 Å². The predicted molar refractivity (Wildman–Crippen MR) is 86.0 cm³/mol.